The monoisotopic (exact) mass is 120 g/mol. The van der Waals surface area contributed by atoms with E-state index in [1.54, 1.807) is 0 Å². The zero-order chi connectivity index (χ0) is 5.98. The first-order valence-electron chi connectivity index (χ1n) is 2.36. The van der Waals surface area contributed by atoms with Gasteiger partial charge in [-0.1, -0.05) is 0 Å². The Morgan fingerprint density at radius 3 is 2.50 bits per heavy atom. The minimum Gasteiger partial charge on any atom is -0.366 e. The Labute approximate surface area is 46.6 Å². The van der Waals surface area contributed by atoms with Crippen LogP contribution in [0.1, 0.15) is 0 Å². The fourth-order valence-electron chi connectivity index (χ4n) is 0.520. The fourth-order valence-corrected chi connectivity index (χ4v) is 0.520. The van der Waals surface area contributed by atoms with Crippen molar-refractivity contribution in [2.24, 2.45) is 0 Å². The van der Waals surface area contributed by atoms with Gasteiger partial charge in [0.1, 0.15) is 12.9 Å². The van der Waals surface area contributed by atoms with Crippen molar-refractivity contribution in [3.63, 3.8) is 0 Å². The van der Waals surface area contributed by atoms with Crippen molar-refractivity contribution in [2.45, 2.75) is 12.4 Å². The van der Waals surface area contributed by atoms with Crippen molar-refractivity contribution in [1.82, 2.24) is 0 Å². The lowest BCUT2D eigenvalue weighted by Crippen LogP contribution is -2.26. The summed E-state index contributed by atoms with van der Waals surface area (Å²) in [6.07, 6.45) is -1.95. The summed E-state index contributed by atoms with van der Waals surface area (Å²) in [5.74, 6) is 0. The highest BCUT2D eigenvalue weighted by atomic mass is 16.7. The predicted molar refractivity (Wildman–Crippen MR) is 23.9 cm³/mol. The Morgan fingerprint density at radius 2 is 2.25 bits per heavy atom. The molecule has 4 heteroatoms. The third kappa shape index (κ3) is 1.16. The van der Waals surface area contributed by atoms with Gasteiger partial charge < -0.3 is 19.7 Å². The summed E-state index contributed by atoms with van der Waals surface area (Å²) in [6, 6.07) is 0. The maximum absolute atomic E-state index is 8.40. The van der Waals surface area contributed by atoms with Gasteiger partial charge in [0.2, 0.25) is 0 Å². The molecule has 0 aliphatic carbocycles. The maximum atomic E-state index is 8.40. The lowest BCUT2D eigenvalue weighted by atomic mass is 10.4. The summed E-state index contributed by atoms with van der Waals surface area (Å²) in [4.78, 5) is 0. The fraction of sp³-hybridized carbons (Fsp3) is 1.00. The van der Waals surface area contributed by atoms with Crippen LogP contribution in [0.15, 0.2) is 0 Å². The molecule has 48 valence electrons. The van der Waals surface area contributed by atoms with Gasteiger partial charge in [-0.2, -0.15) is 0 Å². The van der Waals surface area contributed by atoms with Crippen LogP contribution in [-0.2, 0) is 9.47 Å². The van der Waals surface area contributed by atoms with Crippen molar-refractivity contribution in [3.8, 4) is 0 Å². The molecule has 1 aliphatic heterocycles. The first kappa shape index (κ1) is 5.97. The molecule has 0 aromatic heterocycles. The smallest absolute Gasteiger partial charge is 0.180 e. The summed E-state index contributed by atoms with van der Waals surface area (Å²) in [5.41, 5.74) is 0. The van der Waals surface area contributed by atoms with E-state index in [1.807, 2.05) is 0 Å². The average Bonchev–Trinajstić information content (AvgIpc) is 2.12. The normalized spacial score (nSPS) is 29.6. The van der Waals surface area contributed by atoms with Gasteiger partial charge in [-0.3, -0.25) is 0 Å². The molecular formula is C4H8O4. The van der Waals surface area contributed by atoms with Crippen LogP contribution in [0.5, 0.6) is 0 Å². The van der Waals surface area contributed by atoms with Crippen LogP contribution in [0.25, 0.3) is 0 Å². The summed E-state index contributed by atoms with van der Waals surface area (Å²) >= 11 is 0. The van der Waals surface area contributed by atoms with E-state index in [-0.39, 0.29) is 13.4 Å². The van der Waals surface area contributed by atoms with Crippen LogP contribution in [0.2, 0.25) is 0 Å². The molecular weight excluding hydrogens is 112 g/mol. The number of rotatable bonds is 1. The Bertz CT molecular complexity index is 66.4. The van der Waals surface area contributed by atoms with Gasteiger partial charge in [0, 0.05) is 0 Å². The highest BCUT2D eigenvalue weighted by molar-refractivity contribution is 4.60. The van der Waals surface area contributed by atoms with E-state index in [1.165, 1.54) is 0 Å². The molecule has 0 radical (unpaired) electrons. The summed E-state index contributed by atoms with van der Waals surface area (Å²) in [5, 5.41) is 16.8. The van der Waals surface area contributed by atoms with E-state index in [0.717, 1.165) is 0 Å². The van der Waals surface area contributed by atoms with Crippen LogP contribution in [0, 0.1) is 0 Å². The van der Waals surface area contributed by atoms with E-state index in [0.29, 0.717) is 0 Å². The molecule has 1 rings (SSSR count). The Morgan fingerprint density at radius 1 is 1.50 bits per heavy atom. The summed E-state index contributed by atoms with van der Waals surface area (Å²) in [7, 11) is 0. The molecule has 1 saturated heterocycles. The van der Waals surface area contributed by atoms with Crippen LogP contribution >= 0.6 is 0 Å². The van der Waals surface area contributed by atoms with Gasteiger partial charge in [0.15, 0.2) is 6.29 Å². The predicted octanol–water partition coefficient (Wildman–Crippen LogP) is -1.33. The molecule has 0 spiro atoms. The Hall–Kier alpha value is -0.160. The highest BCUT2D eigenvalue weighted by Gasteiger charge is 2.22. The summed E-state index contributed by atoms with van der Waals surface area (Å²) in [6.45, 7) is 0.444. The molecule has 2 N–H and O–H groups in total. The molecule has 1 atom stereocenters. The van der Waals surface area contributed by atoms with Crippen LogP contribution in [0.4, 0.5) is 0 Å². The molecule has 4 nitrogen and oxygen atoms in total. The zero-order valence-electron chi connectivity index (χ0n) is 4.28. The highest BCUT2D eigenvalue weighted by Crippen LogP contribution is 2.04. The van der Waals surface area contributed by atoms with Crippen LogP contribution in [0.3, 0.4) is 0 Å². The van der Waals surface area contributed by atoms with Gasteiger partial charge in [0.05, 0.1) is 6.61 Å². The average molecular weight is 120 g/mol. The lowest BCUT2D eigenvalue weighted by molar-refractivity contribution is -0.124. The SMILES string of the molecule is OC(O)[C@H]1COCO1. The van der Waals surface area contributed by atoms with Gasteiger partial charge in [-0.05, 0) is 0 Å². The number of hydrogen-bond donors (Lipinski definition) is 2. The van der Waals surface area contributed by atoms with E-state index >= 15 is 0 Å². The number of hydrogen-bond acceptors (Lipinski definition) is 4. The topological polar surface area (TPSA) is 58.9 Å². The Kier molecular flexibility index (Phi) is 1.80. The number of ether oxygens (including phenoxy) is 2. The quantitative estimate of drug-likeness (QED) is 0.421. The van der Waals surface area contributed by atoms with Crippen molar-refractivity contribution in [3.05, 3.63) is 0 Å². The molecule has 1 heterocycles. The van der Waals surface area contributed by atoms with E-state index in [2.05, 4.69) is 4.74 Å². The van der Waals surface area contributed by atoms with Crippen LogP contribution < -0.4 is 0 Å². The lowest BCUT2D eigenvalue weighted by Gasteiger charge is -2.07. The zero-order valence-corrected chi connectivity index (χ0v) is 4.28. The molecule has 0 bridgehead atoms. The van der Waals surface area contributed by atoms with E-state index in [4.69, 9.17) is 14.9 Å². The van der Waals surface area contributed by atoms with Crippen molar-refractivity contribution in [2.75, 3.05) is 13.4 Å². The summed E-state index contributed by atoms with van der Waals surface area (Å²) < 4.78 is 9.37. The first-order valence-corrected chi connectivity index (χ1v) is 2.36. The Balaban J connectivity index is 2.24. The molecule has 8 heavy (non-hydrogen) atoms. The van der Waals surface area contributed by atoms with Gasteiger partial charge in [0.25, 0.3) is 0 Å². The van der Waals surface area contributed by atoms with Crippen molar-refractivity contribution < 1.29 is 19.7 Å². The van der Waals surface area contributed by atoms with Gasteiger partial charge in [-0.25, -0.2) is 0 Å². The first-order chi connectivity index (χ1) is 3.80. The van der Waals surface area contributed by atoms with Gasteiger partial charge >= 0.3 is 0 Å². The van der Waals surface area contributed by atoms with Crippen LogP contribution in [-0.4, -0.2) is 36.0 Å². The molecule has 0 unspecified atom stereocenters. The maximum Gasteiger partial charge on any atom is 0.180 e. The second-order valence-electron chi connectivity index (χ2n) is 1.61. The van der Waals surface area contributed by atoms with Crippen molar-refractivity contribution in [1.29, 1.82) is 0 Å². The number of aliphatic hydroxyl groups is 2. The minimum atomic E-state index is -1.41. The standard InChI is InChI=1S/C4H8O4/c5-4(6)3-1-7-2-8-3/h3-6H,1-2H2/t3-/m1/s1. The van der Waals surface area contributed by atoms with Crippen molar-refractivity contribution >= 4 is 0 Å². The molecule has 0 aromatic rings. The molecule has 0 amide bonds. The van der Waals surface area contributed by atoms with Gasteiger partial charge in [-0.15, -0.1) is 0 Å². The number of aliphatic hydroxyl groups excluding tert-OH is 1. The molecule has 0 saturated carbocycles. The second-order valence-corrected chi connectivity index (χ2v) is 1.61. The van der Waals surface area contributed by atoms with E-state index < -0.39 is 12.4 Å². The van der Waals surface area contributed by atoms with E-state index in [9.17, 15) is 0 Å². The third-order valence-electron chi connectivity index (χ3n) is 0.980. The molecule has 1 fully saturated rings. The minimum absolute atomic E-state index is 0.169. The molecule has 1 aliphatic rings. The third-order valence-corrected chi connectivity index (χ3v) is 0.980. The largest absolute Gasteiger partial charge is 0.366 e. The second kappa shape index (κ2) is 2.41. The molecule has 0 aromatic carbocycles.